The average Bonchev–Trinajstić information content (AvgIpc) is 2.89. The van der Waals surface area contributed by atoms with Gasteiger partial charge in [-0.1, -0.05) is 53.4 Å². The lowest BCUT2D eigenvalue weighted by atomic mass is 9.98. The Bertz CT molecular complexity index is 544. The van der Waals surface area contributed by atoms with Gasteiger partial charge in [0.15, 0.2) is 12.6 Å². The minimum absolute atomic E-state index is 0.206. The molecule has 0 amide bonds. The van der Waals surface area contributed by atoms with Crippen LogP contribution in [0.4, 0.5) is 0 Å². The monoisotopic (exact) mass is 514 g/mol. The third kappa shape index (κ3) is 11.4. The summed E-state index contributed by atoms with van der Waals surface area (Å²) < 4.78 is 34.3. The summed E-state index contributed by atoms with van der Waals surface area (Å²) in [6, 6.07) is 0. The summed E-state index contributed by atoms with van der Waals surface area (Å²) in [5.74, 6) is 0.193. The second-order valence-corrected chi connectivity index (χ2v) is 10.1. The molecule has 2 fully saturated rings. The van der Waals surface area contributed by atoms with Gasteiger partial charge in [-0.05, 0) is 38.5 Å². The van der Waals surface area contributed by atoms with Crippen molar-refractivity contribution in [3.63, 3.8) is 0 Å². The average molecular weight is 515 g/mol. The first-order valence-electron chi connectivity index (χ1n) is 14.4. The number of hydrogen-bond donors (Lipinski definition) is 0. The Balaban J connectivity index is 1.53. The maximum atomic E-state index is 12.2. The van der Waals surface area contributed by atoms with Gasteiger partial charge >= 0.3 is 11.9 Å². The molecular formula is C28H50O8. The number of unbranched alkanes of at least 4 members (excludes halogenated alkanes) is 3. The first-order valence-corrected chi connectivity index (χ1v) is 14.4. The first kappa shape index (κ1) is 31.0. The molecule has 0 saturated carbocycles. The molecule has 2 atom stereocenters. The molecule has 36 heavy (non-hydrogen) atoms. The Kier molecular flexibility index (Phi) is 15.6. The number of rotatable bonds is 17. The van der Waals surface area contributed by atoms with Crippen LogP contribution in [0.3, 0.4) is 0 Å². The van der Waals surface area contributed by atoms with Gasteiger partial charge in [-0.3, -0.25) is 9.59 Å². The van der Waals surface area contributed by atoms with Gasteiger partial charge in [0.05, 0.1) is 26.4 Å². The second kappa shape index (κ2) is 18.1. The fraction of sp³-hybridized carbons (Fsp3) is 0.929. The third-order valence-corrected chi connectivity index (χ3v) is 7.07. The maximum absolute atomic E-state index is 12.2. The molecule has 0 aromatic heterocycles. The van der Waals surface area contributed by atoms with Crippen LogP contribution in [0.15, 0.2) is 0 Å². The largest absolute Gasteiger partial charge is 0.457 e. The van der Waals surface area contributed by atoms with Crippen molar-refractivity contribution in [3.05, 3.63) is 0 Å². The third-order valence-electron chi connectivity index (χ3n) is 7.07. The van der Waals surface area contributed by atoms with Crippen LogP contribution in [0.2, 0.25) is 0 Å². The van der Waals surface area contributed by atoms with Crippen LogP contribution < -0.4 is 0 Å². The van der Waals surface area contributed by atoms with Crippen molar-refractivity contribution in [2.45, 2.75) is 130 Å². The van der Waals surface area contributed by atoms with Crippen molar-refractivity contribution in [2.24, 2.45) is 11.8 Å². The molecule has 8 heteroatoms. The fourth-order valence-electron chi connectivity index (χ4n) is 4.71. The smallest absolute Gasteiger partial charge is 0.306 e. The molecule has 0 aromatic rings. The van der Waals surface area contributed by atoms with Gasteiger partial charge in [0.25, 0.3) is 0 Å². The lowest BCUT2D eigenvalue weighted by Crippen LogP contribution is -2.41. The summed E-state index contributed by atoms with van der Waals surface area (Å²) in [6.07, 6.45) is 9.33. The fourth-order valence-corrected chi connectivity index (χ4v) is 4.71. The van der Waals surface area contributed by atoms with E-state index in [4.69, 9.17) is 28.4 Å². The normalized spacial score (nSPS) is 26.2. The molecular weight excluding hydrogens is 464 g/mol. The van der Waals surface area contributed by atoms with E-state index in [2.05, 4.69) is 27.7 Å². The number of esters is 2. The number of carbonyl (C=O) groups is 2. The zero-order valence-electron chi connectivity index (χ0n) is 23.0. The predicted octanol–water partition coefficient (Wildman–Crippen LogP) is 5.55. The van der Waals surface area contributed by atoms with E-state index in [9.17, 15) is 9.59 Å². The summed E-state index contributed by atoms with van der Waals surface area (Å²) in [4.78, 5) is 24.4. The van der Waals surface area contributed by atoms with Crippen LogP contribution in [0.25, 0.3) is 0 Å². The Labute approximate surface area is 218 Å². The van der Waals surface area contributed by atoms with Crippen LogP contribution in [0, 0.1) is 11.8 Å². The van der Waals surface area contributed by atoms with Gasteiger partial charge in [0.1, 0.15) is 12.2 Å². The van der Waals surface area contributed by atoms with Crippen LogP contribution in [-0.2, 0) is 38.0 Å². The molecule has 0 N–H and O–H groups in total. The van der Waals surface area contributed by atoms with E-state index in [0.29, 0.717) is 51.1 Å². The van der Waals surface area contributed by atoms with Crippen LogP contribution in [-0.4, -0.2) is 63.2 Å². The standard InChI is InChI=1S/C28H50O8/c1-5-9-13-21(7-3)27-31-17-23(18-32-27)35-25(29)15-11-12-16-26(30)36-24-19-33-28(34-20-24)22(8-4)14-10-6-2/h21-24,27-28H,5-20H2,1-4H3. The molecule has 0 bridgehead atoms. The number of ether oxygens (including phenoxy) is 6. The highest BCUT2D eigenvalue weighted by atomic mass is 16.7. The molecule has 0 spiro atoms. The maximum Gasteiger partial charge on any atom is 0.306 e. The zero-order valence-corrected chi connectivity index (χ0v) is 23.0. The van der Waals surface area contributed by atoms with Gasteiger partial charge in [-0.15, -0.1) is 0 Å². The van der Waals surface area contributed by atoms with Crippen LogP contribution in [0.5, 0.6) is 0 Å². The molecule has 2 rings (SSSR count). The molecule has 8 nitrogen and oxygen atoms in total. The Morgan fingerprint density at radius 3 is 1.31 bits per heavy atom. The van der Waals surface area contributed by atoms with Gasteiger partial charge in [0, 0.05) is 24.7 Å². The molecule has 2 aliphatic rings. The molecule has 0 radical (unpaired) electrons. The molecule has 0 aromatic carbocycles. The molecule has 2 saturated heterocycles. The highest BCUT2D eigenvalue weighted by molar-refractivity contribution is 5.70. The molecule has 210 valence electrons. The van der Waals surface area contributed by atoms with E-state index in [1.165, 1.54) is 0 Å². The summed E-state index contributed by atoms with van der Waals surface area (Å²) >= 11 is 0. The predicted molar refractivity (Wildman–Crippen MR) is 136 cm³/mol. The van der Waals surface area contributed by atoms with E-state index in [-0.39, 0.29) is 49.6 Å². The first-order chi connectivity index (χ1) is 17.5. The highest BCUT2D eigenvalue weighted by Crippen LogP contribution is 2.25. The topological polar surface area (TPSA) is 89.5 Å². The lowest BCUT2D eigenvalue weighted by molar-refractivity contribution is -0.245. The highest BCUT2D eigenvalue weighted by Gasteiger charge is 2.31. The Morgan fingerprint density at radius 1 is 0.639 bits per heavy atom. The summed E-state index contributed by atoms with van der Waals surface area (Å²) in [6.45, 7) is 10.1. The second-order valence-electron chi connectivity index (χ2n) is 10.1. The van der Waals surface area contributed by atoms with Gasteiger partial charge in [0.2, 0.25) is 0 Å². The van der Waals surface area contributed by atoms with Gasteiger partial charge < -0.3 is 28.4 Å². The number of carbonyl (C=O) groups excluding carboxylic acids is 2. The van der Waals surface area contributed by atoms with Gasteiger partial charge in [-0.25, -0.2) is 0 Å². The van der Waals surface area contributed by atoms with Crippen molar-refractivity contribution in [2.75, 3.05) is 26.4 Å². The van der Waals surface area contributed by atoms with E-state index in [1.807, 2.05) is 0 Å². The van der Waals surface area contributed by atoms with Crippen LogP contribution >= 0.6 is 0 Å². The Morgan fingerprint density at radius 2 is 1.00 bits per heavy atom. The van der Waals surface area contributed by atoms with Crippen molar-refractivity contribution in [1.29, 1.82) is 0 Å². The minimum atomic E-state index is -0.369. The zero-order chi connectivity index (χ0) is 26.2. The van der Waals surface area contributed by atoms with E-state index < -0.39 is 0 Å². The lowest BCUT2D eigenvalue weighted by Gasteiger charge is -2.33. The number of hydrogen-bond acceptors (Lipinski definition) is 8. The molecule has 0 aliphatic carbocycles. The summed E-state index contributed by atoms with van der Waals surface area (Å²) in [5.41, 5.74) is 0. The van der Waals surface area contributed by atoms with Crippen molar-refractivity contribution in [3.8, 4) is 0 Å². The minimum Gasteiger partial charge on any atom is -0.457 e. The molecule has 2 aliphatic heterocycles. The van der Waals surface area contributed by atoms with E-state index in [1.54, 1.807) is 0 Å². The van der Waals surface area contributed by atoms with E-state index in [0.717, 1.165) is 51.4 Å². The quantitative estimate of drug-likeness (QED) is 0.184. The van der Waals surface area contributed by atoms with Crippen molar-refractivity contribution >= 4 is 11.9 Å². The van der Waals surface area contributed by atoms with Crippen LogP contribution in [0.1, 0.15) is 105 Å². The Hall–Kier alpha value is -1.22. The van der Waals surface area contributed by atoms with Crippen molar-refractivity contribution in [1.82, 2.24) is 0 Å². The van der Waals surface area contributed by atoms with E-state index >= 15 is 0 Å². The van der Waals surface area contributed by atoms with Gasteiger partial charge in [-0.2, -0.15) is 0 Å². The SMILES string of the molecule is CCCCC(CC)C1OCC(OC(=O)CCCCC(=O)OC2COC(C(CC)CCCC)OC2)CO1. The van der Waals surface area contributed by atoms with Crippen molar-refractivity contribution < 1.29 is 38.0 Å². The summed E-state index contributed by atoms with van der Waals surface area (Å²) in [7, 11) is 0. The summed E-state index contributed by atoms with van der Waals surface area (Å²) in [5, 5.41) is 0. The molecule has 2 unspecified atom stereocenters. The molecule has 2 heterocycles.